The quantitative estimate of drug-likeness (QED) is 0.842. The summed E-state index contributed by atoms with van der Waals surface area (Å²) >= 11 is 0. The van der Waals surface area contributed by atoms with Gasteiger partial charge in [0.05, 0.1) is 6.04 Å². The van der Waals surface area contributed by atoms with Crippen molar-refractivity contribution in [3.8, 4) is 0 Å². The van der Waals surface area contributed by atoms with Gasteiger partial charge in [-0.1, -0.05) is 26.0 Å². The van der Waals surface area contributed by atoms with Gasteiger partial charge < -0.3 is 10.2 Å². The van der Waals surface area contributed by atoms with E-state index >= 15 is 0 Å². The van der Waals surface area contributed by atoms with Crippen LogP contribution in [0.25, 0.3) is 0 Å². The van der Waals surface area contributed by atoms with Crippen LogP contribution in [-0.2, 0) is 4.79 Å². The Morgan fingerprint density at radius 3 is 2.68 bits per heavy atom. The van der Waals surface area contributed by atoms with Gasteiger partial charge in [-0.2, -0.15) is 0 Å². The van der Waals surface area contributed by atoms with Crippen LogP contribution in [0.15, 0.2) is 18.2 Å². The normalized spacial score (nSPS) is 23.3. The van der Waals surface area contributed by atoms with E-state index < -0.39 is 0 Å². The highest BCUT2D eigenvalue weighted by Crippen LogP contribution is 2.28. The zero-order valence-corrected chi connectivity index (χ0v) is 12.6. The predicted molar refractivity (Wildman–Crippen MR) is 79.5 cm³/mol. The number of amides is 1. The molecule has 0 aromatic heterocycles. The molecule has 1 unspecified atom stereocenters. The molecule has 1 atom stereocenters. The van der Waals surface area contributed by atoms with Crippen molar-refractivity contribution >= 4 is 11.6 Å². The first-order valence-electron chi connectivity index (χ1n) is 6.92. The van der Waals surface area contributed by atoms with Crippen LogP contribution in [0.3, 0.4) is 0 Å². The van der Waals surface area contributed by atoms with E-state index in [0.717, 1.165) is 24.3 Å². The first kappa shape index (κ1) is 14.1. The SMILES string of the molecule is Cc1ccc(C)c(N2CC(C)(C)CNC(C)C2=O)c1. The lowest BCUT2D eigenvalue weighted by Gasteiger charge is -2.30. The number of hydrogen-bond acceptors (Lipinski definition) is 2. The van der Waals surface area contributed by atoms with E-state index in [4.69, 9.17) is 0 Å². The Bertz CT molecular complexity index is 494. The lowest BCUT2D eigenvalue weighted by molar-refractivity contribution is -0.119. The van der Waals surface area contributed by atoms with Crippen LogP contribution in [0.5, 0.6) is 0 Å². The number of hydrogen-bond donors (Lipinski definition) is 1. The van der Waals surface area contributed by atoms with Crippen molar-refractivity contribution in [1.82, 2.24) is 5.32 Å². The van der Waals surface area contributed by atoms with Crippen molar-refractivity contribution in [3.05, 3.63) is 29.3 Å². The number of carbonyl (C=O) groups is 1. The molecule has 1 heterocycles. The molecule has 3 nitrogen and oxygen atoms in total. The van der Waals surface area contributed by atoms with E-state index in [9.17, 15) is 4.79 Å². The van der Waals surface area contributed by atoms with Gasteiger partial charge >= 0.3 is 0 Å². The molecule has 0 aliphatic carbocycles. The molecule has 0 radical (unpaired) electrons. The third-order valence-corrected chi connectivity index (χ3v) is 3.76. The molecular formula is C16H24N2O. The maximum absolute atomic E-state index is 12.6. The summed E-state index contributed by atoms with van der Waals surface area (Å²) in [5, 5.41) is 3.33. The number of nitrogens with zero attached hydrogens (tertiary/aromatic N) is 1. The zero-order chi connectivity index (χ0) is 14.2. The molecule has 0 saturated carbocycles. The van der Waals surface area contributed by atoms with Gasteiger partial charge in [-0.05, 0) is 43.4 Å². The maximum atomic E-state index is 12.6. The van der Waals surface area contributed by atoms with Crippen LogP contribution in [0.1, 0.15) is 31.9 Å². The number of nitrogens with one attached hydrogen (secondary N) is 1. The van der Waals surface area contributed by atoms with Crippen LogP contribution in [0.4, 0.5) is 5.69 Å². The third-order valence-electron chi connectivity index (χ3n) is 3.76. The largest absolute Gasteiger partial charge is 0.310 e. The van der Waals surface area contributed by atoms with Gasteiger partial charge in [0.15, 0.2) is 0 Å². The van der Waals surface area contributed by atoms with E-state index in [0.29, 0.717) is 0 Å². The van der Waals surface area contributed by atoms with Gasteiger partial charge in [0.25, 0.3) is 0 Å². The van der Waals surface area contributed by atoms with Crippen LogP contribution in [-0.4, -0.2) is 25.0 Å². The van der Waals surface area contributed by atoms with Crippen molar-refractivity contribution in [3.63, 3.8) is 0 Å². The zero-order valence-electron chi connectivity index (χ0n) is 12.6. The summed E-state index contributed by atoms with van der Waals surface area (Å²) in [6.07, 6.45) is 0. The van der Waals surface area contributed by atoms with Crippen LogP contribution < -0.4 is 10.2 Å². The topological polar surface area (TPSA) is 32.3 Å². The standard InChI is InChI=1S/C16H24N2O/c1-11-6-7-12(2)14(8-11)18-10-16(4,5)9-17-13(3)15(18)19/h6-8,13,17H,9-10H2,1-5H3. The van der Waals surface area contributed by atoms with Crippen molar-refractivity contribution in [1.29, 1.82) is 0 Å². The molecule has 104 valence electrons. The number of rotatable bonds is 1. The van der Waals surface area contributed by atoms with Gasteiger partial charge in [0, 0.05) is 18.8 Å². The van der Waals surface area contributed by atoms with Gasteiger partial charge in [-0.3, -0.25) is 4.79 Å². The van der Waals surface area contributed by atoms with Crippen molar-refractivity contribution in [2.24, 2.45) is 5.41 Å². The van der Waals surface area contributed by atoms with E-state index in [2.05, 4.69) is 51.2 Å². The van der Waals surface area contributed by atoms with E-state index in [1.807, 2.05) is 11.8 Å². The Morgan fingerprint density at radius 2 is 2.00 bits per heavy atom. The Morgan fingerprint density at radius 1 is 1.32 bits per heavy atom. The molecule has 3 heteroatoms. The number of aryl methyl sites for hydroxylation is 2. The minimum Gasteiger partial charge on any atom is -0.310 e. The highest BCUT2D eigenvalue weighted by Gasteiger charge is 2.33. The molecule has 1 fully saturated rings. The molecule has 1 saturated heterocycles. The Kier molecular flexibility index (Phi) is 3.68. The molecule has 1 aliphatic rings. The summed E-state index contributed by atoms with van der Waals surface area (Å²) in [6, 6.07) is 6.17. The first-order chi connectivity index (χ1) is 8.80. The smallest absolute Gasteiger partial charge is 0.243 e. The molecule has 1 aliphatic heterocycles. The lowest BCUT2D eigenvalue weighted by atomic mass is 9.92. The highest BCUT2D eigenvalue weighted by molar-refractivity contribution is 5.98. The number of anilines is 1. The molecule has 1 aromatic carbocycles. The van der Waals surface area contributed by atoms with Crippen LogP contribution in [0, 0.1) is 19.3 Å². The second-order valence-corrected chi connectivity index (χ2v) is 6.48. The fourth-order valence-corrected chi connectivity index (χ4v) is 2.53. The van der Waals surface area contributed by atoms with Crippen LogP contribution in [0.2, 0.25) is 0 Å². The predicted octanol–water partition coefficient (Wildman–Crippen LogP) is 2.65. The fraction of sp³-hybridized carbons (Fsp3) is 0.562. The monoisotopic (exact) mass is 260 g/mol. The molecule has 2 rings (SSSR count). The Balaban J connectivity index is 2.44. The van der Waals surface area contributed by atoms with Gasteiger partial charge in [-0.15, -0.1) is 0 Å². The maximum Gasteiger partial charge on any atom is 0.243 e. The first-order valence-corrected chi connectivity index (χ1v) is 6.92. The van der Waals surface area contributed by atoms with E-state index in [-0.39, 0.29) is 17.4 Å². The summed E-state index contributed by atoms with van der Waals surface area (Å²) in [4.78, 5) is 14.5. The average Bonchev–Trinajstić information content (AvgIpc) is 2.44. The molecule has 1 aromatic rings. The van der Waals surface area contributed by atoms with E-state index in [1.54, 1.807) is 0 Å². The summed E-state index contributed by atoms with van der Waals surface area (Å²) in [6.45, 7) is 12.1. The van der Waals surface area contributed by atoms with Gasteiger partial charge in [0.1, 0.15) is 0 Å². The summed E-state index contributed by atoms with van der Waals surface area (Å²) in [5.74, 6) is 0.166. The van der Waals surface area contributed by atoms with Crippen molar-refractivity contribution in [2.75, 3.05) is 18.0 Å². The van der Waals surface area contributed by atoms with Crippen molar-refractivity contribution < 1.29 is 4.79 Å². The number of carbonyl (C=O) groups excluding carboxylic acids is 1. The molecular weight excluding hydrogens is 236 g/mol. The molecule has 19 heavy (non-hydrogen) atoms. The number of benzene rings is 1. The second-order valence-electron chi connectivity index (χ2n) is 6.48. The lowest BCUT2D eigenvalue weighted by Crippen LogP contribution is -2.42. The van der Waals surface area contributed by atoms with Crippen LogP contribution >= 0.6 is 0 Å². The Hall–Kier alpha value is -1.35. The average molecular weight is 260 g/mol. The van der Waals surface area contributed by atoms with E-state index in [1.165, 1.54) is 5.56 Å². The van der Waals surface area contributed by atoms with Gasteiger partial charge in [-0.25, -0.2) is 0 Å². The molecule has 1 N–H and O–H groups in total. The summed E-state index contributed by atoms with van der Waals surface area (Å²) < 4.78 is 0. The fourth-order valence-electron chi connectivity index (χ4n) is 2.53. The summed E-state index contributed by atoms with van der Waals surface area (Å²) in [7, 11) is 0. The molecule has 1 amide bonds. The van der Waals surface area contributed by atoms with Gasteiger partial charge in [0.2, 0.25) is 5.91 Å². The molecule has 0 spiro atoms. The summed E-state index contributed by atoms with van der Waals surface area (Å²) in [5.41, 5.74) is 3.48. The highest BCUT2D eigenvalue weighted by atomic mass is 16.2. The molecule has 0 bridgehead atoms. The Labute approximate surface area is 116 Å². The minimum atomic E-state index is -0.123. The third kappa shape index (κ3) is 2.98. The van der Waals surface area contributed by atoms with Crippen molar-refractivity contribution in [2.45, 2.75) is 40.7 Å². The minimum absolute atomic E-state index is 0.0800. The second kappa shape index (κ2) is 4.97.